The number of fused-ring (bicyclic) bond motifs is 3. The molecule has 0 saturated carbocycles. The number of Topliss-reactive ketones (excluding diaryl/α,β-unsaturated/α-hetero) is 2. The number of methoxy groups -OCH3 is 1. The van der Waals surface area contributed by atoms with Crippen LogP contribution in [0.25, 0.3) is 0 Å². The zero-order valence-corrected chi connectivity index (χ0v) is 23.7. The van der Waals surface area contributed by atoms with Gasteiger partial charge in [-0.15, -0.1) is 0 Å². The van der Waals surface area contributed by atoms with Crippen molar-refractivity contribution < 1.29 is 38.1 Å². The second-order valence-corrected chi connectivity index (χ2v) is 10.3. The molecular weight excluding hydrogens is 536 g/mol. The van der Waals surface area contributed by atoms with E-state index >= 15 is 0 Å². The van der Waals surface area contributed by atoms with Crippen molar-refractivity contribution in [1.82, 2.24) is 0 Å². The predicted molar refractivity (Wildman–Crippen MR) is 147 cm³/mol. The lowest BCUT2D eigenvalue weighted by atomic mass is 9.81. The first-order chi connectivity index (χ1) is 19.1. The average Bonchev–Trinajstić information content (AvgIpc) is 3.31. The minimum absolute atomic E-state index is 0.102. The summed E-state index contributed by atoms with van der Waals surface area (Å²) in [5, 5.41) is -0.110. The molecule has 2 heterocycles. The molecule has 2 aliphatic heterocycles. The van der Waals surface area contributed by atoms with Gasteiger partial charge in [-0.05, 0) is 30.6 Å². The van der Waals surface area contributed by atoms with Gasteiger partial charge in [0.1, 0.15) is 17.4 Å². The van der Waals surface area contributed by atoms with E-state index in [-0.39, 0.29) is 16.2 Å². The first-order valence-corrected chi connectivity index (χ1v) is 13.5. The molecule has 1 aliphatic carbocycles. The Labute approximate surface area is 237 Å². The Balaban J connectivity index is 1.61. The number of halogens is 1. The van der Waals surface area contributed by atoms with Crippen LogP contribution in [0.3, 0.4) is 0 Å². The number of allylic oxidation sites excluding steroid dienone is 4. The highest BCUT2D eigenvalue weighted by Crippen LogP contribution is 2.44. The number of ketones is 2. The zero-order chi connectivity index (χ0) is 29.1. The van der Waals surface area contributed by atoms with Crippen molar-refractivity contribution in [2.75, 3.05) is 7.11 Å². The molecule has 0 fully saturated rings. The Morgan fingerprint density at radius 2 is 1.82 bits per heavy atom. The maximum atomic E-state index is 13.6. The summed E-state index contributed by atoms with van der Waals surface area (Å²) >= 11 is 6.40. The van der Waals surface area contributed by atoms with E-state index in [1.165, 1.54) is 20.3 Å². The van der Waals surface area contributed by atoms with Crippen LogP contribution in [-0.4, -0.2) is 42.8 Å². The minimum atomic E-state index is -1.36. The molecule has 210 valence electrons. The summed E-state index contributed by atoms with van der Waals surface area (Å²) < 4.78 is 22.0. The normalized spacial score (nSPS) is 21.5. The number of rotatable bonds is 10. The van der Waals surface area contributed by atoms with Crippen molar-refractivity contribution in [3.8, 4) is 0 Å². The summed E-state index contributed by atoms with van der Waals surface area (Å²) in [5.74, 6) is -3.05. The van der Waals surface area contributed by atoms with Gasteiger partial charge >= 0.3 is 11.9 Å². The van der Waals surface area contributed by atoms with E-state index in [1.54, 1.807) is 43.3 Å². The minimum Gasteiger partial charge on any atom is -0.464 e. The van der Waals surface area contributed by atoms with Gasteiger partial charge in [0.25, 0.3) is 0 Å². The second kappa shape index (κ2) is 12.2. The molecule has 0 amide bonds. The number of hydrogen-bond acceptors (Lipinski definition) is 8. The van der Waals surface area contributed by atoms with Crippen LogP contribution < -0.4 is 0 Å². The van der Waals surface area contributed by atoms with Gasteiger partial charge in [0.2, 0.25) is 5.78 Å². The summed E-state index contributed by atoms with van der Waals surface area (Å²) in [6.07, 6.45) is 4.40. The molecule has 0 aromatic heterocycles. The lowest BCUT2D eigenvalue weighted by Gasteiger charge is -2.26. The Morgan fingerprint density at radius 1 is 1.12 bits per heavy atom. The van der Waals surface area contributed by atoms with Crippen LogP contribution in [0.5, 0.6) is 0 Å². The number of benzene rings is 1. The molecule has 0 spiro atoms. The third-order valence-electron chi connectivity index (χ3n) is 7.28. The Hall–Kier alpha value is -3.75. The van der Waals surface area contributed by atoms with Gasteiger partial charge in [-0.2, -0.15) is 0 Å². The highest BCUT2D eigenvalue weighted by atomic mass is 35.5. The summed E-state index contributed by atoms with van der Waals surface area (Å²) in [4.78, 5) is 52.5. The Bertz CT molecular complexity index is 1380. The maximum absolute atomic E-state index is 13.6. The van der Waals surface area contributed by atoms with Gasteiger partial charge in [0.05, 0.1) is 17.2 Å². The monoisotopic (exact) mass is 566 g/mol. The Morgan fingerprint density at radius 3 is 2.48 bits per heavy atom. The smallest absolute Gasteiger partial charge is 0.343 e. The van der Waals surface area contributed by atoms with Crippen LogP contribution in [0.2, 0.25) is 0 Å². The molecule has 3 aliphatic rings. The topological polar surface area (TPSA) is 105 Å². The van der Waals surface area contributed by atoms with Crippen molar-refractivity contribution >= 4 is 35.1 Å². The van der Waals surface area contributed by atoms with Crippen LogP contribution in [0.4, 0.5) is 0 Å². The van der Waals surface area contributed by atoms with Crippen molar-refractivity contribution in [2.24, 2.45) is 11.8 Å². The third-order valence-corrected chi connectivity index (χ3v) is 7.67. The zero-order valence-electron chi connectivity index (χ0n) is 22.9. The predicted octanol–water partition coefficient (Wildman–Crippen LogP) is 5.21. The van der Waals surface area contributed by atoms with Crippen LogP contribution in [0.1, 0.15) is 45.8 Å². The van der Waals surface area contributed by atoms with Crippen molar-refractivity contribution in [3.05, 3.63) is 93.5 Å². The molecule has 9 heteroatoms. The molecule has 0 N–H and O–H groups in total. The lowest BCUT2D eigenvalue weighted by molar-refractivity contribution is -0.163. The summed E-state index contributed by atoms with van der Waals surface area (Å²) in [6, 6.07) is 8.80. The number of carbonyl (C=O) groups excluding carboxylic acids is 4. The second-order valence-electron chi connectivity index (χ2n) is 9.93. The lowest BCUT2D eigenvalue weighted by Crippen LogP contribution is -2.33. The van der Waals surface area contributed by atoms with E-state index in [0.29, 0.717) is 28.4 Å². The first kappa shape index (κ1) is 29.2. The first-order valence-electron chi connectivity index (χ1n) is 13.1. The molecule has 0 bridgehead atoms. The van der Waals surface area contributed by atoms with Gasteiger partial charge in [0, 0.05) is 23.8 Å². The summed E-state index contributed by atoms with van der Waals surface area (Å²) in [7, 11) is 1.38. The van der Waals surface area contributed by atoms with Gasteiger partial charge in [0.15, 0.2) is 18.0 Å². The van der Waals surface area contributed by atoms with Crippen LogP contribution in [0, 0.1) is 11.8 Å². The molecule has 40 heavy (non-hydrogen) atoms. The van der Waals surface area contributed by atoms with Gasteiger partial charge in [-0.25, -0.2) is 9.59 Å². The number of esters is 2. The molecule has 0 radical (unpaired) electrons. The largest absolute Gasteiger partial charge is 0.464 e. The quantitative estimate of drug-likeness (QED) is 0.281. The fourth-order valence-corrected chi connectivity index (χ4v) is 4.76. The average molecular weight is 567 g/mol. The molecule has 5 unspecified atom stereocenters. The fourth-order valence-electron chi connectivity index (χ4n) is 4.51. The highest BCUT2D eigenvalue weighted by Gasteiger charge is 2.49. The third kappa shape index (κ3) is 5.60. The molecule has 8 nitrogen and oxygen atoms in total. The van der Waals surface area contributed by atoms with Crippen LogP contribution in [0.15, 0.2) is 87.9 Å². The summed E-state index contributed by atoms with van der Waals surface area (Å²) in [6.45, 7) is 7.21. The molecule has 0 saturated heterocycles. The molecule has 1 aromatic carbocycles. The Kier molecular flexibility index (Phi) is 8.91. The summed E-state index contributed by atoms with van der Waals surface area (Å²) in [5.41, 5.74) is 1.08. The van der Waals surface area contributed by atoms with E-state index < -0.39 is 47.7 Å². The molecule has 4 rings (SSSR count). The van der Waals surface area contributed by atoms with E-state index in [9.17, 15) is 19.2 Å². The number of carbonyl (C=O) groups is 4. The van der Waals surface area contributed by atoms with Crippen LogP contribution >= 0.6 is 11.6 Å². The number of ether oxygens (including phenoxy) is 4. The van der Waals surface area contributed by atoms with Crippen molar-refractivity contribution in [2.45, 2.75) is 52.4 Å². The van der Waals surface area contributed by atoms with Crippen LogP contribution in [-0.2, 0) is 38.1 Å². The standard InChI is InChI=1S/C31H31ClO8/c1-6-16(2)12-13-20-14-21-22(15-38-20)23-24(30(35)40-29(23)27(34)25(21)32)26(33)17(3)18(4)39-31(36)28(37-5)19-10-8-7-9-11-19/h7-18,28-29H,6H2,1-5H3. The number of hydrogen-bond donors (Lipinski definition) is 0. The van der Waals surface area contributed by atoms with Gasteiger partial charge in [-0.3, -0.25) is 9.59 Å². The van der Waals surface area contributed by atoms with E-state index in [0.717, 1.165) is 6.42 Å². The van der Waals surface area contributed by atoms with E-state index in [4.69, 9.17) is 30.5 Å². The van der Waals surface area contributed by atoms with E-state index in [2.05, 4.69) is 13.8 Å². The van der Waals surface area contributed by atoms with Gasteiger partial charge in [-0.1, -0.05) is 75.2 Å². The maximum Gasteiger partial charge on any atom is 0.343 e. The van der Waals surface area contributed by atoms with Crippen molar-refractivity contribution in [1.29, 1.82) is 0 Å². The van der Waals surface area contributed by atoms with Gasteiger partial charge < -0.3 is 18.9 Å². The molecule has 1 aromatic rings. The van der Waals surface area contributed by atoms with Crippen molar-refractivity contribution in [3.63, 3.8) is 0 Å². The molecule has 5 atom stereocenters. The fraction of sp³-hybridized carbons (Fsp3) is 0.355. The SMILES string of the molecule is CCC(C)C=CC1=CC2=C(Cl)C(=O)C3OC(=O)C(C(=O)C(C)C(C)OC(=O)C(OC)c4ccccc4)=C3C2=CO1. The highest BCUT2D eigenvalue weighted by molar-refractivity contribution is 6.45. The van der Waals surface area contributed by atoms with E-state index in [1.807, 2.05) is 12.1 Å². The molecular formula is C31H31ClO8.